The van der Waals surface area contributed by atoms with Crippen molar-refractivity contribution in [2.45, 2.75) is 11.5 Å². The maximum Gasteiger partial charge on any atom is 0.263 e. The third-order valence-corrected chi connectivity index (χ3v) is 4.09. The number of carbonyl (C=O) groups excluding carboxylic acids is 1. The summed E-state index contributed by atoms with van der Waals surface area (Å²) in [6.45, 7) is 0. The van der Waals surface area contributed by atoms with Crippen LogP contribution < -0.4 is 10.6 Å². The van der Waals surface area contributed by atoms with Crippen LogP contribution in [0.5, 0.6) is 0 Å². The Morgan fingerprint density at radius 2 is 2.04 bits per heavy atom. The van der Waals surface area contributed by atoms with E-state index in [2.05, 4.69) is 20.6 Å². The van der Waals surface area contributed by atoms with Crippen molar-refractivity contribution in [2.24, 2.45) is 0 Å². The number of thioether (sulfide) groups is 1. The van der Waals surface area contributed by atoms with Gasteiger partial charge in [0.05, 0.1) is 5.69 Å². The van der Waals surface area contributed by atoms with Gasteiger partial charge in [0.25, 0.3) is 6.43 Å². The molecular weight excluding hydrogens is 346 g/mol. The number of amides is 1. The fraction of sp³-hybridized carbons (Fsp3) is 0.235. The van der Waals surface area contributed by atoms with E-state index in [0.29, 0.717) is 27.8 Å². The lowest BCUT2D eigenvalue weighted by Gasteiger charge is -2.12. The van der Waals surface area contributed by atoms with Gasteiger partial charge in [0.1, 0.15) is 5.03 Å². The Kier molecular flexibility index (Phi) is 6.46. The van der Waals surface area contributed by atoms with Crippen molar-refractivity contribution in [1.82, 2.24) is 15.3 Å². The lowest BCUT2D eigenvalue weighted by molar-refractivity contribution is -0.115. The predicted octanol–water partition coefficient (Wildman–Crippen LogP) is 3.60. The second-order valence-corrected chi connectivity index (χ2v) is 5.74. The van der Waals surface area contributed by atoms with Gasteiger partial charge < -0.3 is 10.6 Å². The zero-order valence-electron chi connectivity index (χ0n) is 14.0. The monoisotopic (exact) mass is 364 g/mol. The quantitative estimate of drug-likeness (QED) is 0.466. The lowest BCUT2D eigenvalue weighted by atomic mass is 10.0. The summed E-state index contributed by atoms with van der Waals surface area (Å²) in [6.07, 6.45) is 2.22. The highest BCUT2D eigenvalue weighted by molar-refractivity contribution is 7.98. The van der Waals surface area contributed by atoms with Crippen LogP contribution in [0.4, 0.5) is 14.7 Å². The Hall–Kier alpha value is -2.48. The number of likely N-dealkylation sites (N-methyl/N-ethyl adjacent to an activating group) is 1. The van der Waals surface area contributed by atoms with Crippen LogP contribution in [0.1, 0.15) is 17.6 Å². The van der Waals surface area contributed by atoms with Crippen LogP contribution in [0.25, 0.3) is 17.3 Å². The molecule has 0 spiro atoms. The Morgan fingerprint density at radius 3 is 2.64 bits per heavy atom. The number of anilines is 1. The first-order chi connectivity index (χ1) is 12.0. The number of rotatable bonds is 6. The van der Waals surface area contributed by atoms with Crippen molar-refractivity contribution in [1.29, 1.82) is 0 Å². The first-order valence-corrected chi connectivity index (χ1v) is 8.64. The van der Waals surface area contributed by atoms with Crippen LogP contribution in [0.3, 0.4) is 0 Å². The molecule has 132 valence electrons. The number of nitrogens with one attached hydrogen (secondary N) is 2. The summed E-state index contributed by atoms with van der Waals surface area (Å²) in [7, 11) is 3.20. The van der Waals surface area contributed by atoms with E-state index < -0.39 is 6.43 Å². The maximum atomic E-state index is 13.0. The third-order valence-electron chi connectivity index (χ3n) is 3.39. The van der Waals surface area contributed by atoms with Crippen molar-refractivity contribution in [3.05, 3.63) is 41.5 Å². The molecule has 0 aliphatic heterocycles. The summed E-state index contributed by atoms with van der Waals surface area (Å²) in [5.41, 5.74) is 1.52. The average Bonchev–Trinajstić information content (AvgIpc) is 2.65. The van der Waals surface area contributed by atoms with Gasteiger partial charge in [-0.1, -0.05) is 18.2 Å². The van der Waals surface area contributed by atoms with E-state index in [4.69, 9.17) is 0 Å². The van der Waals surface area contributed by atoms with Gasteiger partial charge in [-0.05, 0) is 18.4 Å². The molecule has 1 aromatic carbocycles. The molecule has 0 radical (unpaired) electrons. The fourth-order valence-electron chi connectivity index (χ4n) is 2.15. The summed E-state index contributed by atoms with van der Waals surface area (Å²) in [4.78, 5) is 20.3. The Morgan fingerprint density at radius 1 is 1.28 bits per heavy atom. The summed E-state index contributed by atoms with van der Waals surface area (Å²) in [6, 6.07) is 6.02. The Labute approximate surface area is 149 Å². The highest BCUT2D eigenvalue weighted by Crippen LogP contribution is 2.32. The average molecular weight is 364 g/mol. The first kappa shape index (κ1) is 18.9. The minimum Gasteiger partial charge on any atom is -0.357 e. The molecule has 0 saturated heterocycles. The molecule has 8 heteroatoms. The SMILES string of the molecule is CNC(=O)/C=C/c1c(SC)nc(NC)nc1-c1cccc(C(F)F)c1. The van der Waals surface area contributed by atoms with Gasteiger partial charge in [-0.15, -0.1) is 11.8 Å². The number of halogens is 2. The maximum absolute atomic E-state index is 13.0. The van der Waals surface area contributed by atoms with Gasteiger partial charge >= 0.3 is 0 Å². The van der Waals surface area contributed by atoms with Crippen LogP contribution in [-0.2, 0) is 4.79 Å². The smallest absolute Gasteiger partial charge is 0.263 e. The molecule has 25 heavy (non-hydrogen) atoms. The predicted molar refractivity (Wildman–Crippen MR) is 96.9 cm³/mol. The molecule has 0 bridgehead atoms. The van der Waals surface area contributed by atoms with E-state index in [9.17, 15) is 13.6 Å². The standard InChI is InChI=1S/C17H18F2N4OS/c1-20-13(24)8-7-12-14(22-17(21-2)23-16(12)25-3)10-5-4-6-11(9-10)15(18)19/h4-9,15H,1-3H3,(H,20,24)(H,21,22,23)/b8-7+. The summed E-state index contributed by atoms with van der Waals surface area (Å²) in [5.74, 6) is 0.0934. The summed E-state index contributed by atoms with van der Waals surface area (Å²) >= 11 is 1.38. The number of aromatic nitrogens is 2. The van der Waals surface area contributed by atoms with E-state index in [1.165, 1.54) is 37.0 Å². The van der Waals surface area contributed by atoms with Crippen molar-refractivity contribution in [3.8, 4) is 11.3 Å². The zero-order valence-corrected chi connectivity index (χ0v) is 14.8. The molecule has 0 unspecified atom stereocenters. The number of hydrogen-bond acceptors (Lipinski definition) is 5. The third kappa shape index (κ3) is 4.54. The molecule has 0 aliphatic rings. The van der Waals surface area contributed by atoms with E-state index in [-0.39, 0.29) is 11.5 Å². The highest BCUT2D eigenvalue weighted by Gasteiger charge is 2.16. The zero-order chi connectivity index (χ0) is 18.4. The molecular formula is C17H18F2N4OS. The Balaban J connectivity index is 2.67. The Bertz CT molecular complexity index is 796. The molecule has 5 nitrogen and oxygen atoms in total. The molecule has 0 saturated carbocycles. The van der Waals surface area contributed by atoms with Crippen molar-refractivity contribution < 1.29 is 13.6 Å². The number of benzene rings is 1. The number of carbonyl (C=O) groups is 1. The minimum absolute atomic E-state index is 0.0888. The van der Waals surface area contributed by atoms with Crippen LogP contribution in [0.15, 0.2) is 35.4 Å². The lowest BCUT2D eigenvalue weighted by Crippen LogP contribution is -2.14. The van der Waals surface area contributed by atoms with Crippen LogP contribution >= 0.6 is 11.8 Å². The van der Waals surface area contributed by atoms with Gasteiger partial charge in [-0.3, -0.25) is 4.79 Å². The van der Waals surface area contributed by atoms with E-state index in [1.807, 2.05) is 6.26 Å². The molecule has 2 N–H and O–H groups in total. The van der Waals surface area contributed by atoms with Crippen molar-refractivity contribution >= 4 is 29.7 Å². The second-order valence-electron chi connectivity index (χ2n) is 4.94. The van der Waals surface area contributed by atoms with Gasteiger partial charge in [0.15, 0.2) is 0 Å². The van der Waals surface area contributed by atoms with Gasteiger partial charge in [-0.2, -0.15) is 0 Å². The van der Waals surface area contributed by atoms with E-state index in [0.717, 1.165) is 0 Å². The molecule has 1 aromatic heterocycles. The fourth-order valence-corrected chi connectivity index (χ4v) is 2.71. The molecule has 2 rings (SSSR count). The first-order valence-electron chi connectivity index (χ1n) is 7.42. The number of nitrogens with zero attached hydrogens (tertiary/aromatic N) is 2. The molecule has 0 aliphatic carbocycles. The van der Waals surface area contributed by atoms with E-state index >= 15 is 0 Å². The normalized spacial score (nSPS) is 11.1. The van der Waals surface area contributed by atoms with Gasteiger partial charge in [0, 0.05) is 36.9 Å². The van der Waals surface area contributed by atoms with Crippen molar-refractivity contribution in [2.75, 3.05) is 25.7 Å². The molecule has 0 atom stereocenters. The molecule has 0 fully saturated rings. The minimum atomic E-state index is -2.57. The number of hydrogen-bond donors (Lipinski definition) is 2. The van der Waals surface area contributed by atoms with Crippen LogP contribution in [-0.4, -0.2) is 36.2 Å². The topological polar surface area (TPSA) is 66.9 Å². The molecule has 2 aromatic rings. The van der Waals surface area contributed by atoms with E-state index in [1.54, 1.807) is 25.3 Å². The second kappa shape index (κ2) is 8.57. The highest BCUT2D eigenvalue weighted by atomic mass is 32.2. The van der Waals surface area contributed by atoms with Crippen LogP contribution in [0.2, 0.25) is 0 Å². The molecule has 1 amide bonds. The van der Waals surface area contributed by atoms with Crippen LogP contribution in [0, 0.1) is 0 Å². The largest absolute Gasteiger partial charge is 0.357 e. The van der Waals surface area contributed by atoms with Gasteiger partial charge in [0.2, 0.25) is 11.9 Å². The summed E-state index contributed by atoms with van der Waals surface area (Å²) in [5, 5.41) is 6.00. The number of alkyl halides is 2. The van der Waals surface area contributed by atoms with Crippen molar-refractivity contribution in [3.63, 3.8) is 0 Å². The summed E-state index contributed by atoms with van der Waals surface area (Å²) < 4.78 is 26.1. The molecule has 1 heterocycles. The van der Waals surface area contributed by atoms with Gasteiger partial charge in [-0.25, -0.2) is 18.7 Å².